The third kappa shape index (κ3) is 4.23. The van der Waals surface area contributed by atoms with E-state index in [2.05, 4.69) is 47.7 Å². The van der Waals surface area contributed by atoms with Crippen LogP contribution in [0.5, 0.6) is 0 Å². The van der Waals surface area contributed by atoms with Gasteiger partial charge in [-0.15, -0.1) is 0 Å². The molecule has 0 radical (unpaired) electrons. The zero-order valence-electron chi connectivity index (χ0n) is 14.4. The SMILES string of the molecule is CC(C)c1ccccc1Nc1ccc(NC(=O)c2cccnc2)cc1. The van der Waals surface area contributed by atoms with Gasteiger partial charge in [0.15, 0.2) is 0 Å². The van der Waals surface area contributed by atoms with Gasteiger partial charge in [-0.05, 0) is 53.9 Å². The van der Waals surface area contributed by atoms with Crippen molar-refractivity contribution in [2.24, 2.45) is 0 Å². The highest BCUT2D eigenvalue weighted by Crippen LogP contribution is 2.27. The van der Waals surface area contributed by atoms with E-state index in [4.69, 9.17) is 0 Å². The fourth-order valence-electron chi connectivity index (χ4n) is 2.61. The summed E-state index contributed by atoms with van der Waals surface area (Å²) in [5.41, 5.74) is 4.64. The summed E-state index contributed by atoms with van der Waals surface area (Å²) in [5, 5.41) is 6.32. The number of rotatable bonds is 5. The summed E-state index contributed by atoms with van der Waals surface area (Å²) >= 11 is 0. The molecule has 0 aliphatic heterocycles. The minimum absolute atomic E-state index is 0.168. The zero-order chi connectivity index (χ0) is 17.6. The molecule has 0 aliphatic carbocycles. The summed E-state index contributed by atoms with van der Waals surface area (Å²) in [6, 6.07) is 19.4. The number of carbonyl (C=O) groups is 1. The van der Waals surface area contributed by atoms with Crippen LogP contribution in [0.4, 0.5) is 17.1 Å². The first-order valence-electron chi connectivity index (χ1n) is 8.31. The Morgan fingerprint density at radius 2 is 1.64 bits per heavy atom. The molecule has 0 saturated carbocycles. The van der Waals surface area contributed by atoms with Crippen molar-refractivity contribution in [1.82, 2.24) is 4.98 Å². The minimum atomic E-state index is -0.168. The molecule has 0 aliphatic rings. The predicted molar refractivity (Wildman–Crippen MR) is 102 cm³/mol. The number of hydrogen-bond donors (Lipinski definition) is 2. The first kappa shape index (κ1) is 16.7. The first-order chi connectivity index (χ1) is 12.1. The van der Waals surface area contributed by atoms with Crippen molar-refractivity contribution in [2.45, 2.75) is 19.8 Å². The topological polar surface area (TPSA) is 54.0 Å². The molecule has 126 valence electrons. The fraction of sp³-hybridized carbons (Fsp3) is 0.143. The van der Waals surface area contributed by atoms with Gasteiger partial charge in [-0.1, -0.05) is 32.0 Å². The highest BCUT2D eigenvalue weighted by Gasteiger charge is 2.07. The maximum Gasteiger partial charge on any atom is 0.257 e. The molecule has 1 aromatic heterocycles. The number of carbonyl (C=O) groups excluding carboxylic acids is 1. The van der Waals surface area contributed by atoms with Crippen molar-refractivity contribution in [3.8, 4) is 0 Å². The zero-order valence-corrected chi connectivity index (χ0v) is 14.4. The van der Waals surface area contributed by atoms with Crippen molar-refractivity contribution in [1.29, 1.82) is 0 Å². The molecule has 3 rings (SSSR count). The summed E-state index contributed by atoms with van der Waals surface area (Å²) in [7, 11) is 0. The average molecular weight is 331 g/mol. The second-order valence-electron chi connectivity index (χ2n) is 6.14. The monoisotopic (exact) mass is 331 g/mol. The fourth-order valence-corrected chi connectivity index (χ4v) is 2.61. The van der Waals surface area contributed by atoms with Gasteiger partial charge in [-0.3, -0.25) is 9.78 Å². The van der Waals surface area contributed by atoms with Crippen LogP contribution in [0.15, 0.2) is 73.1 Å². The largest absolute Gasteiger partial charge is 0.355 e. The molecule has 25 heavy (non-hydrogen) atoms. The summed E-state index contributed by atoms with van der Waals surface area (Å²) in [6.45, 7) is 4.36. The maximum atomic E-state index is 12.1. The van der Waals surface area contributed by atoms with Crippen molar-refractivity contribution >= 4 is 23.0 Å². The van der Waals surface area contributed by atoms with E-state index < -0.39 is 0 Å². The number of para-hydroxylation sites is 1. The molecule has 0 atom stereocenters. The molecule has 3 aromatic rings. The van der Waals surface area contributed by atoms with Crippen LogP contribution in [0.25, 0.3) is 0 Å². The van der Waals surface area contributed by atoms with Gasteiger partial charge in [0.2, 0.25) is 0 Å². The normalized spacial score (nSPS) is 10.5. The highest BCUT2D eigenvalue weighted by atomic mass is 16.1. The van der Waals surface area contributed by atoms with Gasteiger partial charge in [-0.2, -0.15) is 0 Å². The lowest BCUT2D eigenvalue weighted by atomic mass is 10.0. The molecule has 2 aromatic carbocycles. The summed E-state index contributed by atoms with van der Waals surface area (Å²) < 4.78 is 0. The van der Waals surface area contributed by atoms with Crippen molar-refractivity contribution in [3.63, 3.8) is 0 Å². The van der Waals surface area contributed by atoms with Gasteiger partial charge in [0.25, 0.3) is 5.91 Å². The molecule has 0 spiro atoms. The quantitative estimate of drug-likeness (QED) is 0.675. The average Bonchev–Trinajstić information content (AvgIpc) is 2.64. The van der Waals surface area contributed by atoms with Crippen LogP contribution in [0, 0.1) is 0 Å². The number of hydrogen-bond acceptors (Lipinski definition) is 3. The highest BCUT2D eigenvalue weighted by molar-refractivity contribution is 6.04. The van der Waals surface area contributed by atoms with Crippen LogP contribution in [-0.2, 0) is 0 Å². The Labute approximate surface area is 147 Å². The van der Waals surface area contributed by atoms with Gasteiger partial charge >= 0.3 is 0 Å². The molecule has 2 N–H and O–H groups in total. The molecular formula is C21H21N3O. The van der Waals surface area contributed by atoms with Crippen LogP contribution >= 0.6 is 0 Å². The standard InChI is InChI=1S/C21H21N3O/c1-15(2)19-7-3-4-8-20(19)23-17-9-11-18(12-10-17)24-21(25)16-6-5-13-22-14-16/h3-15,23H,1-2H3,(H,24,25). The molecule has 4 heteroatoms. The Balaban J connectivity index is 1.70. The maximum absolute atomic E-state index is 12.1. The second-order valence-corrected chi connectivity index (χ2v) is 6.14. The van der Waals surface area contributed by atoms with E-state index in [-0.39, 0.29) is 5.91 Å². The lowest BCUT2D eigenvalue weighted by Gasteiger charge is -2.15. The Kier molecular flexibility index (Phi) is 5.09. The van der Waals surface area contributed by atoms with Gasteiger partial charge < -0.3 is 10.6 Å². The van der Waals surface area contributed by atoms with E-state index >= 15 is 0 Å². The van der Waals surface area contributed by atoms with Crippen molar-refractivity contribution in [3.05, 3.63) is 84.2 Å². The van der Waals surface area contributed by atoms with Gasteiger partial charge in [0.1, 0.15) is 0 Å². The number of aromatic nitrogens is 1. The van der Waals surface area contributed by atoms with Crippen LogP contribution in [-0.4, -0.2) is 10.9 Å². The third-order valence-electron chi connectivity index (χ3n) is 3.93. The van der Waals surface area contributed by atoms with E-state index in [1.165, 1.54) is 5.56 Å². The molecule has 0 unspecified atom stereocenters. The lowest BCUT2D eigenvalue weighted by Crippen LogP contribution is -2.11. The number of nitrogens with zero attached hydrogens (tertiary/aromatic N) is 1. The van der Waals surface area contributed by atoms with Gasteiger partial charge in [-0.25, -0.2) is 0 Å². The molecule has 0 bridgehead atoms. The number of pyridine rings is 1. The van der Waals surface area contributed by atoms with Gasteiger partial charge in [0.05, 0.1) is 5.56 Å². The molecule has 1 heterocycles. The second kappa shape index (κ2) is 7.62. The Bertz CT molecular complexity index is 843. The van der Waals surface area contributed by atoms with E-state index in [1.54, 1.807) is 24.5 Å². The number of anilines is 3. The number of benzene rings is 2. The number of nitrogens with one attached hydrogen (secondary N) is 2. The van der Waals surface area contributed by atoms with Crippen LogP contribution in [0.2, 0.25) is 0 Å². The first-order valence-corrected chi connectivity index (χ1v) is 8.31. The van der Waals surface area contributed by atoms with Crippen molar-refractivity contribution < 1.29 is 4.79 Å². The molecule has 1 amide bonds. The molecular weight excluding hydrogens is 310 g/mol. The Morgan fingerprint density at radius 3 is 2.32 bits per heavy atom. The van der Waals surface area contributed by atoms with E-state index in [9.17, 15) is 4.79 Å². The Morgan fingerprint density at radius 1 is 0.920 bits per heavy atom. The summed E-state index contributed by atoms with van der Waals surface area (Å²) in [5.74, 6) is 0.278. The minimum Gasteiger partial charge on any atom is -0.355 e. The van der Waals surface area contributed by atoms with Crippen molar-refractivity contribution in [2.75, 3.05) is 10.6 Å². The Hall–Kier alpha value is -3.14. The molecule has 0 fully saturated rings. The van der Waals surface area contributed by atoms with Crippen LogP contribution < -0.4 is 10.6 Å². The van der Waals surface area contributed by atoms with Crippen LogP contribution in [0.3, 0.4) is 0 Å². The smallest absolute Gasteiger partial charge is 0.257 e. The lowest BCUT2D eigenvalue weighted by molar-refractivity contribution is 0.102. The van der Waals surface area contributed by atoms with E-state index in [1.807, 2.05) is 30.3 Å². The summed E-state index contributed by atoms with van der Waals surface area (Å²) in [4.78, 5) is 16.1. The van der Waals surface area contributed by atoms with E-state index in [0.29, 0.717) is 11.5 Å². The number of amides is 1. The molecule has 4 nitrogen and oxygen atoms in total. The van der Waals surface area contributed by atoms with E-state index in [0.717, 1.165) is 17.1 Å². The van der Waals surface area contributed by atoms with Gasteiger partial charge in [0, 0.05) is 29.5 Å². The summed E-state index contributed by atoms with van der Waals surface area (Å²) in [6.07, 6.45) is 3.19. The van der Waals surface area contributed by atoms with Crippen LogP contribution in [0.1, 0.15) is 35.7 Å². The molecule has 0 saturated heterocycles. The predicted octanol–water partition coefficient (Wildman–Crippen LogP) is 5.20. The third-order valence-corrected chi connectivity index (χ3v) is 3.93.